The van der Waals surface area contributed by atoms with Crippen molar-refractivity contribution in [3.63, 3.8) is 0 Å². The van der Waals surface area contributed by atoms with Gasteiger partial charge in [-0.15, -0.1) is 0 Å². The average molecular weight is 347 g/mol. The summed E-state index contributed by atoms with van der Waals surface area (Å²) in [5, 5.41) is 3.62. The molecule has 124 valence electrons. The summed E-state index contributed by atoms with van der Waals surface area (Å²) < 4.78 is 68.9. The van der Waals surface area contributed by atoms with Crippen molar-refractivity contribution in [3.8, 4) is 0 Å². The number of sulfonamides is 1. The Kier molecular flexibility index (Phi) is 3.68. The molecule has 0 bridgehead atoms. The van der Waals surface area contributed by atoms with Gasteiger partial charge in [0, 0.05) is 13.1 Å². The standard InChI is InChI=1S/C13H12F3N3O3S/c1-8-17-12(22-18-8)9-6-19(7-9)23(20,21)11-4-2-3-10(5-11)13(14,15)16/h2-5,9H,6-7H2,1H3. The molecule has 1 saturated heterocycles. The first-order valence-corrected chi connectivity index (χ1v) is 8.09. The van der Waals surface area contributed by atoms with Crippen LogP contribution in [0.4, 0.5) is 13.2 Å². The lowest BCUT2D eigenvalue weighted by molar-refractivity contribution is -0.137. The number of halogens is 3. The van der Waals surface area contributed by atoms with E-state index in [-0.39, 0.29) is 23.9 Å². The minimum atomic E-state index is -4.59. The second-order valence-corrected chi connectivity index (χ2v) is 7.16. The van der Waals surface area contributed by atoms with E-state index in [1.807, 2.05) is 0 Å². The minimum Gasteiger partial charge on any atom is -0.339 e. The van der Waals surface area contributed by atoms with E-state index in [4.69, 9.17) is 4.52 Å². The number of alkyl halides is 3. The van der Waals surface area contributed by atoms with Gasteiger partial charge in [0.05, 0.1) is 16.4 Å². The van der Waals surface area contributed by atoms with Gasteiger partial charge in [-0.3, -0.25) is 0 Å². The van der Waals surface area contributed by atoms with Crippen LogP contribution < -0.4 is 0 Å². The van der Waals surface area contributed by atoms with Crippen LogP contribution in [0, 0.1) is 6.92 Å². The van der Waals surface area contributed by atoms with Crippen molar-refractivity contribution in [1.82, 2.24) is 14.4 Å². The number of rotatable bonds is 3. The fraction of sp³-hybridized carbons (Fsp3) is 0.385. The summed E-state index contributed by atoms with van der Waals surface area (Å²) in [6, 6.07) is 3.70. The van der Waals surface area contributed by atoms with Crippen molar-refractivity contribution in [2.24, 2.45) is 0 Å². The smallest absolute Gasteiger partial charge is 0.339 e. The third-order valence-corrected chi connectivity index (χ3v) is 5.37. The molecule has 3 rings (SSSR count). The first-order valence-electron chi connectivity index (χ1n) is 6.65. The molecule has 2 heterocycles. The van der Waals surface area contributed by atoms with Crippen LogP contribution in [0.1, 0.15) is 23.2 Å². The fourth-order valence-electron chi connectivity index (χ4n) is 2.25. The van der Waals surface area contributed by atoms with Crippen molar-refractivity contribution in [2.45, 2.75) is 23.9 Å². The number of benzene rings is 1. The van der Waals surface area contributed by atoms with Gasteiger partial charge < -0.3 is 4.52 Å². The molecule has 0 spiro atoms. The maximum absolute atomic E-state index is 12.7. The lowest BCUT2D eigenvalue weighted by atomic mass is 10.0. The van der Waals surface area contributed by atoms with Crippen molar-refractivity contribution in [3.05, 3.63) is 41.5 Å². The van der Waals surface area contributed by atoms with Crippen LogP contribution in [-0.2, 0) is 16.2 Å². The van der Waals surface area contributed by atoms with Crippen LogP contribution in [0.5, 0.6) is 0 Å². The summed E-state index contributed by atoms with van der Waals surface area (Å²) in [6.07, 6.45) is -4.59. The highest BCUT2D eigenvalue weighted by molar-refractivity contribution is 7.89. The Hall–Kier alpha value is -1.94. The van der Waals surface area contributed by atoms with Gasteiger partial charge in [0.1, 0.15) is 0 Å². The molecule has 6 nitrogen and oxygen atoms in total. The molecule has 0 saturated carbocycles. The summed E-state index contributed by atoms with van der Waals surface area (Å²) in [5.74, 6) is 0.536. The Morgan fingerprint density at radius 3 is 2.57 bits per heavy atom. The summed E-state index contributed by atoms with van der Waals surface area (Å²) in [4.78, 5) is 3.64. The zero-order valence-electron chi connectivity index (χ0n) is 11.9. The molecular weight excluding hydrogens is 335 g/mol. The van der Waals surface area contributed by atoms with E-state index in [2.05, 4.69) is 10.1 Å². The molecule has 1 aliphatic heterocycles. The number of hydrogen-bond acceptors (Lipinski definition) is 5. The highest BCUT2D eigenvalue weighted by Crippen LogP contribution is 2.34. The maximum atomic E-state index is 12.7. The molecule has 0 atom stereocenters. The molecule has 2 aromatic rings. The normalized spacial score (nSPS) is 17.2. The van der Waals surface area contributed by atoms with Gasteiger partial charge in [-0.05, 0) is 25.1 Å². The van der Waals surface area contributed by atoms with Crippen molar-refractivity contribution >= 4 is 10.0 Å². The van der Waals surface area contributed by atoms with Crippen molar-refractivity contribution < 1.29 is 26.1 Å². The molecule has 10 heteroatoms. The zero-order chi connectivity index (χ0) is 16.8. The third-order valence-electron chi connectivity index (χ3n) is 3.54. The molecule has 23 heavy (non-hydrogen) atoms. The van der Waals surface area contributed by atoms with Crippen LogP contribution in [0.3, 0.4) is 0 Å². The second kappa shape index (κ2) is 5.31. The first kappa shape index (κ1) is 15.9. The van der Waals surface area contributed by atoms with Gasteiger partial charge in [-0.2, -0.15) is 22.5 Å². The first-order chi connectivity index (χ1) is 10.7. The van der Waals surface area contributed by atoms with E-state index >= 15 is 0 Å². The Morgan fingerprint density at radius 2 is 2.00 bits per heavy atom. The molecule has 1 aromatic carbocycles. The third kappa shape index (κ3) is 2.95. The fourth-order valence-corrected chi connectivity index (χ4v) is 3.83. The van der Waals surface area contributed by atoms with Gasteiger partial charge >= 0.3 is 6.18 Å². The van der Waals surface area contributed by atoms with Gasteiger partial charge in [0.15, 0.2) is 5.82 Å². The van der Waals surface area contributed by atoms with E-state index in [9.17, 15) is 21.6 Å². The molecule has 0 unspecified atom stereocenters. The topological polar surface area (TPSA) is 76.3 Å². The molecule has 1 aliphatic rings. The highest BCUT2D eigenvalue weighted by Gasteiger charge is 2.41. The highest BCUT2D eigenvalue weighted by atomic mass is 32.2. The van der Waals surface area contributed by atoms with Crippen molar-refractivity contribution in [1.29, 1.82) is 0 Å². The van der Waals surface area contributed by atoms with Crippen LogP contribution >= 0.6 is 0 Å². The van der Waals surface area contributed by atoms with E-state index in [1.165, 1.54) is 0 Å². The minimum absolute atomic E-state index is 0.0974. The van der Waals surface area contributed by atoms with E-state index in [0.717, 1.165) is 22.5 Å². The Bertz CT molecular complexity index is 826. The number of nitrogens with zero attached hydrogens (tertiary/aromatic N) is 3. The molecule has 0 radical (unpaired) electrons. The van der Waals surface area contributed by atoms with Crippen LogP contribution in [0.2, 0.25) is 0 Å². The molecule has 0 amide bonds. The number of hydrogen-bond donors (Lipinski definition) is 0. The predicted octanol–water partition coefficient (Wildman–Crippen LogP) is 2.18. The summed E-state index contributed by atoms with van der Waals surface area (Å²) in [7, 11) is -3.98. The Balaban J connectivity index is 1.79. The van der Waals surface area contributed by atoms with Crippen molar-refractivity contribution in [2.75, 3.05) is 13.1 Å². The van der Waals surface area contributed by atoms with E-state index < -0.39 is 21.8 Å². The van der Waals surface area contributed by atoms with Gasteiger partial charge in [0.25, 0.3) is 0 Å². The molecular formula is C13H12F3N3O3S. The predicted molar refractivity (Wildman–Crippen MR) is 72.0 cm³/mol. The molecule has 0 aliphatic carbocycles. The average Bonchev–Trinajstić information content (AvgIpc) is 2.82. The Morgan fingerprint density at radius 1 is 1.30 bits per heavy atom. The lowest BCUT2D eigenvalue weighted by Crippen LogP contribution is -2.48. The Labute approximate surface area is 130 Å². The number of aryl methyl sites for hydroxylation is 1. The van der Waals surface area contributed by atoms with Crippen LogP contribution in [0.15, 0.2) is 33.7 Å². The van der Waals surface area contributed by atoms with Gasteiger partial charge in [-0.25, -0.2) is 8.42 Å². The molecule has 0 N–H and O–H groups in total. The summed E-state index contributed by atoms with van der Waals surface area (Å²) >= 11 is 0. The van der Waals surface area contributed by atoms with Gasteiger partial charge in [0.2, 0.25) is 15.9 Å². The lowest BCUT2D eigenvalue weighted by Gasteiger charge is -2.35. The van der Waals surface area contributed by atoms with Crippen LogP contribution in [-0.4, -0.2) is 36.0 Å². The molecule has 1 fully saturated rings. The van der Waals surface area contributed by atoms with Gasteiger partial charge in [-0.1, -0.05) is 11.2 Å². The maximum Gasteiger partial charge on any atom is 0.416 e. The summed E-state index contributed by atoms with van der Waals surface area (Å²) in [5.41, 5.74) is -0.997. The van der Waals surface area contributed by atoms with Crippen LogP contribution in [0.25, 0.3) is 0 Å². The van der Waals surface area contributed by atoms with E-state index in [1.54, 1.807) is 6.92 Å². The summed E-state index contributed by atoms with van der Waals surface area (Å²) in [6.45, 7) is 1.84. The number of aromatic nitrogens is 2. The molecule has 1 aromatic heterocycles. The SMILES string of the molecule is Cc1noc(C2CN(S(=O)(=O)c3cccc(C(F)(F)F)c3)C2)n1. The zero-order valence-corrected chi connectivity index (χ0v) is 12.7. The monoisotopic (exact) mass is 347 g/mol. The quantitative estimate of drug-likeness (QED) is 0.851. The second-order valence-electron chi connectivity index (χ2n) is 5.22. The van der Waals surface area contributed by atoms with E-state index in [0.29, 0.717) is 17.8 Å². The largest absolute Gasteiger partial charge is 0.416 e.